The van der Waals surface area contributed by atoms with E-state index in [1.807, 2.05) is 12.1 Å². The number of nitrogens with one attached hydrogen (secondary N) is 1. The van der Waals surface area contributed by atoms with Gasteiger partial charge in [0.1, 0.15) is 0 Å². The van der Waals surface area contributed by atoms with Gasteiger partial charge in [0.25, 0.3) is 0 Å². The average Bonchev–Trinajstić information content (AvgIpc) is 2.29. The molecule has 0 saturated carbocycles. The molecule has 3 heteroatoms. The van der Waals surface area contributed by atoms with Crippen LogP contribution < -0.4 is 5.32 Å². The van der Waals surface area contributed by atoms with Gasteiger partial charge in [0.15, 0.2) is 0 Å². The SMILES string of the molecule is CCC(C)(CC)Nc1ccc(C(=O)O)cc1. The zero-order valence-electron chi connectivity index (χ0n) is 10.1. The van der Waals surface area contributed by atoms with Crippen molar-refractivity contribution >= 4 is 11.7 Å². The largest absolute Gasteiger partial charge is 0.478 e. The van der Waals surface area contributed by atoms with Crippen LogP contribution in [0.15, 0.2) is 24.3 Å². The summed E-state index contributed by atoms with van der Waals surface area (Å²) in [5.41, 5.74) is 1.36. The van der Waals surface area contributed by atoms with E-state index in [0.717, 1.165) is 18.5 Å². The van der Waals surface area contributed by atoms with Crippen LogP contribution in [-0.2, 0) is 0 Å². The van der Waals surface area contributed by atoms with E-state index in [2.05, 4.69) is 26.1 Å². The molecule has 0 fully saturated rings. The Bertz CT molecular complexity index is 353. The minimum atomic E-state index is -0.889. The normalized spacial score (nSPS) is 11.2. The molecule has 0 atom stereocenters. The lowest BCUT2D eigenvalue weighted by Gasteiger charge is -2.29. The molecule has 1 rings (SSSR count). The molecule has 0 heterocycles. The van der Waals surface area contributed by atoms with Crippen molar-refractivity contribution in [3.8, 4) is 0 Å². The Hall–Kier alpha value is -1.51. The van der Waals surface area contributed by atoms with E-state index in [1.165, 1.54) is 0 Å². The summed E-state index contributed by atoms with van der Waals surface area (Å²) in [5.74, 6) is -0.889. The predicted octanol–water partition coefficient (Wildman–Crippen LogP) is 3.38. The highest BCUT2D eigenvalue weighted by atomic mass is 16.4. The van der Waals surface area contributed by atoms with Crippen molar-refractivity contribution in [1.29, 1.82) is 0 Å². The van der Waals surface area contributed by atoms with Crippen molar-refractivity contribution in [2.24, 2.45) is 0 Å². The van der Waals surface area contributed by atoms with E-state index >= 15 is 0 Å². The van der Waals surface area contributed by atoms with Gasteiger partial charge in [-0.05, 0) is 44.0 Å². The van der Waals surface area contributed by atoms with Crippen LogP contribution in [0.2, 0.25) is 0 Å². The predicted molar refractivity (Wildman–Crippen MR) is 66.0 cm³/mol. The highest BCUT2D eigenvalue weighted by Gasteiger charge is 2.18. The van der Waals surface area contributed by atoms with E-state index < -0.39 is 5.97 Å². The summed E-state index contributed by atoms with van der Waals surface area (Å²) < 4.78 is 0. The molecule has 0 aromatic heterocycles. The number of aromatic carboxylic acids is 1. The summed E-state index contributed by atoms with van der Waals surface area (Å²) in [5, 5.41) is 12.2. The maximum atomic E-state index is 10.7. The molecule has 0 bridgehead atoms. The first kappa shape index (κ1) is 12.6. The van der Waals surface area contributed by atoms with E-state index in [9.17, 15) is 4.79 Å². The Balaban J connectivity index is 2.79. The molecule has 3 nitrogen and oxygen atoms in total. The van der Waals surface area contributed by atoms with E-state index in [4.69, 9.17) is 5.11 Å². The van der Waals surface area contributed by atoms with Crippen LogP contribution in [0.25, 0.3) is 0 Å². The number of rotatable bonds is 5. The average molecular weight is 221 g/mol. The Morgan fingerprint density at radius 3 is 2.12 bits per heavy atom. The van der Waals surface area contributed by atoms with E-state index in [-0.39, 0.29) is 5.54 Å². The van der Waals surface area contributed by atoms with E-state index in [1.54, 1.807) is 12.1 Å². The Morgan fingerprint density at radius 2 is 1.75 bits per heavy atom. The summed E-state index contributed by atoms with van der Waals surface area (Å²) in [6.07, 6.45) is 2.06. The van der Waals surface area contributed by atoms with Gasteiger partial charge in [-0.25, -0.2) is 4.79 Å². The quantitative estimate of drug-likeness (QED) is 0.801. The molecule has 0 aliphatic carbocycles. The molecule has 16 heavy (non-hydrogen) atoms. The van der Waals surface area contributed by atoms with Crippen LogP contribution in [-0.4, -0.2) is 16.6 Å². The van der Waals surface area contributed by atoms with Crippen LogP contribution in [0.4, 0.5) is 5.69 Å². The molecule has 0 unspecified atom stereocenters. The van der Waals surface area contributed by atoms with Gasteiger partial charge in [-0.15, -0.1) is 0 Å². The highest BCUT2D eigenvalue weighted by Crippen LogP contribution is 2.21. The number of hydrogen-bond donors (Lipinski definition) is 2. The zero-order chi connectivity index (χ0) is 12.2. The fourth-order valence-electron chi connectivity index (χ4n) is 1.47. The van der Waals surface area contributed by atoms with Gasteiger partial charge in [0.2, 0.25) is 0 Å². The number of carboxylic acids is 1. The zero-order valence-corrected chi connectivity index (χ0v) is 10.1. The van der Waals surface area contributed by atoms with Crippen molar-refractivity contribution < 1.29 is 9.90 Å². The first-order chi connectivity index (χ1) is 7.50. The van der Waals surface area contributed by atoms with Crippen LogP contribution in [0.3, 0.4) is 0 Å². The molecule has 0 aliphatic rings. The van der Waals surface area contributed by atoms with Crippen LogP contribution in [0.5, 0.6) is 0 Å². The number of hydrogen-bond acceptors (Lipinski definition) is 2. The fraction of sp³-hybridized carbons (Fsp3) is 0.462. The number of benzene rings is 1. The maximum absolute atomic E-state index is 10.7. The second-order valence-corrected chi connectivity index (χ2v) is 4.28. The monoisotopic (exact) mass is 221 g/mol. The van der Waals surface area contributed by atoms with Crippen molar-refractivity contribution in [3.05, 3.63) is 29.8 Å². The summed E-state index contributed by atoms with van der Waals surface area (Å²) in [7, 11) is 0. The van der Waals surface area contributed by atoms with Gasteiger partial charge in [0.05, 0.1) is 5.56 Å². The van der Waals surface area contributed by atoms with Crippen molar-refractivity contribution in [2.75, 3.05) is 5.32 Å². The molecular formula is C13H19NO2. The number of carbonyl (C=O) groups is 1. The van der Waals surface area contributed by atoms with Gasteiger partial charge in [-0.3, -0.25) is 0 Å². The number of anilines is 1. The Labute approximate surface area is 96.5 Å². The van der Waals surface area contributed by atoms with Crippen LogP contribution >= 0.6 is 0 Å². The third-order valence-corrected chi connectivity index (χ3v) is 3.14. The minimum absolute atomic E-state index is 0.0741. The Morgan fingerprint density at radius 1 is 1.25 bits per heavy atom. The summed E-state index contributed by atoms with van der Waals surface area (Å²) >= 11 is 0. The maximum Gasteiger partial charge on any atom is 0.335 e. The fourth-order valence-corrected chi connectivity index (χ4v) is 1.47. The molecule has 0 aliphatic heterocycles. The van der Waals surface area contributed by atoms with Gasteiger partial charge >= 0.3 is 5.97 Å². The van der Waals surface area contributed by atoms with Crippen LogP contribution in [0, 0.1) is 0 Å². The number of carboxylic acid groups (broad SMARTS) is 1. The molecule has 1 aromatic rings. The van der Waals surface area contributed by atoms with Gasteiger partial charge in [0, 0.05) is 11.2 Å². The van der Waals surface area contributed by atoms with Gasteiger partial charge in [-0.1, -0.05) is 13.8 Å². The molecule has 0 spiro atoms. The third kappa shape index (κ3) is 2.99. The molecule has 88 valence electrons. The molecule has 0 amide bonds. The lowest BCUT2D eigenvalue weighted by molar-refractivity contribution is 0.0697. The van der Waals surface area contributed by atoms with Crippen molar-refractivity contribution in [3.63, 3.8) is 0 Å². The highest BCUT2D eigenvalue weighted by molar-refractivity contribution is 5.88. The summed E-state index contributed by atoms with van der Waals surface area (Å²) in [6, 6.07) is 6.87. The van der Waals surface area contributed by atoms with Crippen molar-refractivity contribution in [1.82, 2.24) is 0 Å². The van der Waals surface area contributed by atoms with Gasteiger partial charge in [-0.2, -0.15) is 0 Å². The van der Waals surface area contributed by atoms with Crippen molar-refractivity contribution in [2.45, 2.75) is 39.2 Å². The first-order valence-corrected chi connectivity index (χ1v) is 5.62. The second-order valence-electron chi connectivity index (χ2n) is 4.28. The molecular weight excluding hydrogens is 202 g/mol. The lowest BCUT2D eigenvalue weighted by Crippen LogP contribution is -2.32. The standard InChI is InChI=1S/C13H19NO2/c1-4-13(3,5-2)14-11-8-6-10(7-9-11)12(15)16/h6-9,14H,4-5H2,1-3H3,(H,15,16). The molecule has 0 radical (unpaired) electrons. The Kier molecular flexibility index (Phi) is 3.93. The first-order valence-electron chi connectivity index (χ1n) is 5.62. The summed E-state index contributed by atoms with van der Waals surface area (Å²) in [4.78, 5) is 10.7. The minimum Gasteiger partial charge on any atom is -0.478 e. The topological polar surface area (TPSA) is 49.3 Å². The third-order valence-electron chi connectivity index (χ3n) is 3.14. The van der Waals surface area contributed by atoms with E-state index in [0.29, 0.717) is 5.56 Å². The van der Waals surface area contributed by atoms with Crippen LogP contribution in [0.1, 0.15) is 44.0 Å². The molecule has 1 aromatic carbocycles. The summed E-state index contributed by atoms with van der Waals surface area (Å²) in [6.45, 7) is 6.45. The molecule has 0 saturated heterocycles. The second kappa shape index (κ2) is 5.01. The lowest BCUT2D eigenvalue weighted by atomic mass is 9.95. The smallest absolute Gasteiger partial charge is 0.335 e. The molecule has 2 N–H and O–H groups in total. The van der Waals surface area contributed by atoms with Gasteiger partial charge < -0.3 is 10.4 Å².